The molecule has 3 aromatic carbocycles. The summed E-state index contributed by atoms with van der Waals surface area (Å²) in [5.74, 6) is -1.75. The number of morpholine rings is 1. The highest BCUT2D eigenvalue weighted by molar-refractivity contribution is 6.40. The molecule has 5 fully saturated rings. The molecular formula is C37H37Cl2FN4O6. The normalized spacial score (nSPS) is 26.1. The Labute approximate surface area is 299 Å². The van der Waals surface area contributed by atoms with Crippen LogP contribution in [0.25, 0.3) is 11.1 Å². The number of amides is 1. The number of carbonyl (C=O) groups excluding carboxylic acids is 1. The van der Waals surface area contributed by atoms with Gasteiger partial charge in [0, 0.05) is 47.6 Å². The molecule has 0 saturated carbocycles. The molecule has 6 aliphatic heterocycles. The van der Waals surface area contributed by atoms with Crippen molar-refractivity contribution >= 4 is 46.5 Å². The molecule has 0 spiro atoms. The molecule has 9 rings (SSSR count). The zero-order valence-corrected chi connectivity index (χ0v) is 28.8. The third-order valence-corrected chi connectivity index (χ3v) is 12.0. The number of carboxylic acid groups (broad SMARTS) is 1. The first kappa shape index (κ1) is 32.3. The molecule has 0 aromatic heterocycles. The summed E-state index contributed by atoms with van der Waals surface area (Å²) in [5, 5.41) is 10.6. The smallest absolute Gasteiger partial charge is 0.337 e. The van der Waals surface area contributed by atoms with E-state index in [1.54, 1.807) is 18.2 Å². The topological polar surface area (TPSA) is 95.0 Å². The first-order valence-electron chi connectivity index (χ1n) is 17.3. The van der Waals surface area contributed by atoms with Crippen molar-refractivity contribution in [1.82, 2.24) is 9.80 Å². The van der Waals surface area contributed by atoms with Gasteiger partial charge in [0.15, 0.2) is 6.73 Å². The predicted molar refractivity (Wildman–Crippen MR) is 186 cm³/mol. The number of halogens is 3. The van der Waals surface area contributed by atoms with Crippen LogP contribution in [0.15, 0.2) is 42.5 Å². The molecule has 10 nitrogen and oxygen atoms in total. The monoisotopic (exact) mass is 722 g/mol. The minimum atomic E-state index is -1.18. The van der Waals surface area contributed by atoms with Gasteiger partial charge in [-0.15, -0.1) is 0 Å². The van der Waals surface area contributed by atoms with Crippen molar-refractivity contribution in [3.8, 4) is 16.9 Å². The van der Waals surface area contributed by atoms with Gasteiger partial charge in [0.1, 0.15) is 11.6 Å². The van der Waals surface area contributed by atoms with Gasteiger partial charge in [0.25, 0.3) is 5.91 Å². The van der Waals surface area contributed by atoms with Gasteiger partial charge in [-0.05, 0) is 49.9 Å². The Morgan fingerprint density at radius 1 is 0.800 bits per heavy atom. The van der Waals surface area contributed by atoms with Crippen LogP contribution in [0.5, 0.6) is 5.75 Å². The van der Waals surface area contributed by atoms with Crippen LogP contribution in [-0.2, 0) is 16.0 Å². The zero-order valence-electron chi connectivity index (χ0n) is 27.3. The van der Waals surface area contributed by atoms with Crippen LogP contribution in [0, 0.1) is 5.82 Å². The van der Waals surface area contributed by atoms with E-state index >= 15 is 4.39 Å². The number of carboxylic acids is 1. The number of hydrogen-bond acceptors (Lipinski definition) is 8. The fourth-order valence-corrected chi connectivity index (χ4v) is 9.59. The van der Waals surface area contributed by atoms with Crippen molar-refractivity contribution in [3.05, 3.63) is 75.0 Å². The van der Waals surface area contributed by atoms with Gasteiger partial charge in [-0.1, -0.05) is 41.4 Å². The van der Waals surface area contributed by atoms with Crippen molar-refractivity contribution in [1.29, 1.82) is 0 Å². The average molecular weight is 724 g/mol. The summed E-state index contributed by atoms with van der Waals surface area (Å²) >= 11 is 13.7. The third kappa shape index (κ3) is 5.32. The van der Waals surface area contributed by atoms with Crippen LogP contribution in [0.1, 0.15) is 52.0 Å². The number of ether oxygens (including phenoxy) is 3. The lowest BCUT2D eigenvalue weighted by Gasteiger charge is -2.47. The van der Waals surface area contributed by atoms with Crippen LogP contribution in [0.4, 0.5) is 15.8 Å². The number of anilines is 2. The molecule has 4 atom stereocenters. The van der Waals surface area contributed by atoms with Gasteiger partial charge in [-0.3, -0.25) is 9.69 Å². The maximum atomic E-state index is 15.8. The Kier molecular flexibility index (Phi) is 8.11. The Morgan fingerprint density at radius 2 is 1.44 bits per heavy atom. The first-order chi connectivity index (χ1) is 24.2. The van der Waals surface area contributed by atoms with Crippen LogP contribution in [0.2, 0.25) is 10.0 Å². The maximum absolute atomic E-state index is 15.8. The van der Waals surface area contributed by atoms with E-state index in [0.29, 0.717) is 53.9 Å². The summed E-state index contributed by atoms with van der Waals surface area (Å²) in [6.07, 6.45) is 3.96. The summed E-state index contributed by atoms with van der Waals surface area (Å²) in [6, 6.07) is 13.1. The van der Waals surface area contributed by atoms with Crippen LogP contribution in [-0.4, -0.2) is 103 Å². The fourth-order valence-electron chi connectivity index (χ4n) is 8.95. The molecule has 4 unspecified atom stereocenters. The summed E-state index contributed by atoms with van der Waals surface area (Å²) in [5.41, 5.74) is 2.97. The van der Waals surface area contributed by atoms with Gasteiger partial charge in [-0.25, -0.2) is 9.18 Å². The second-order valence-corrected chi connectivity index (χ2v) is 15.1. The lowest BCUT2D eigenvalue weighted by molar-refractivity contribution is -0.0704. The van der Waals surface area contributed by atoms with Gasteiger partial charge < -0.3 is 34.0 Å². The number of carbonyl (C=O) groups is 2. The standard InChI is InChI=1S/C37H37Cl2FN4O6/c38-30-8-25(43-21-4-5-22(43)14-41(13-21)26-17-49-18-26)9-31(39)34(30)36(45)42-12-20-2-1-3-27(35(20)50-19-42)28-11-33(29(37(46)47)10-32(28)40)44-23-6-7-24(44)16-48-15-23/h1-3,8-11,21-24,26H,4-7,12-19H2,(H,46,47). The van der Waals surface area contributed by atoms with Crippen molar-refractivity contribution in [2.75, 3.05) is 56.0 Å². The van der Waals surface area contributed by atoms with E-state index in [1.807, 2.05) is 18.2 Å². The van der Waals surface area contributed by atoms with E-state index in [2.05, 4.69) is 14.7 Å². The molecule has 6 heterocycles. The minimum absolute atomic E-state index is 0.0335. The van der Waals surface area contributed by atoms with Gasteiger partial charge in [0.2, 0.25) is 0 Å². The summed E-state index contributed by atoms with van der Waals surface area (Å²) in [4.78, 5) is 34.8. The average Bonchev–Trinajstić information content (AvgIpc) is 3.48. The fraction of sp³-hybridized carbons (Fsp3) is 0.459. The van der Waals surface area contributed by atoms with E-state index in [-0.39, 0.29) is 58.0 Å². The molecule has 0 radical (unpaired) electrons. The van der Waals surface area contributed by atoms with Gasteiger partial charge in [-0.2, -0.15) is 0 Å². The first-order valence-corrected chi connectivity index (χ1v) is 18.1. The largest absolute Gasteiger partial charge is 0.478 e. The molecule has 262 valence electrons. The molecule has 5 saturated heterocycles. The number of hydrogen-bond donors (Lipinski definition) is 1. The number of benzene rings is 3. The van der Waals surface area contributed by atoms with E-state index in [9.17, 15) is 14.7 Å². The lowest BCUT2D eigenvalue weighted by atomic mass is 9.96. The summed E-state index contributed by atoms with van der Waals surface area (Å²) in [6.45, 7) is 4.64. The molecular weight excluding hydrogens is 686 g/mol. The van der Waals surface area contributed by atoms with Crippen LogP contribution >= 0.6 is 23.2 Å². The van der Waals surface area contributed by atoms with Gasteiger partial charge >= 0.3 is 5.97 Å². The maximum Gasteiger partial charge on any atom is 0.337 e. The van der Waals surface area contributed by atoms with E-state index in [0.717, 1.165) is 63.7 Å². The Morgan fingerprint density at radius 3 is 2.08 bits per heavy atom. The highest BCUT2D eigenvalue weighted by Crippen LogP contribution is 2.44. The second kappa shape index (κ2) is 12.6. The van der Waals surface area contributed by atoms with E-state index < -0.39 is 11.8 Å². The van der Waals surface area contributed by atoms with Crippen LogP contribution in [0.3, 0.4) is 0 Å². The number of piperazine rings is 1. The van der Waals surface area contributed by atoms with Crippen LogP contribution < -0.4 is 14.5 Å². The summed E-state index contributed by atoms with van der Waals surface area (Å²) < 4.78 is 33.1. The minimum Gasteiger partial charge on any atom is -0.478 e. The number of aromatic carboxylic acids is 1. The molecule has 4 bridgehead atoms. The molecule has 0 aliphatic carbocycles. The van der Waals surface area contributed by atoms with Crippen molar-refractivity contribution in [2.45, 2.75) is 62.4 Å². The second-order valence-electron chi connectivity index (χ2n) is 14.3. The molecule has 50 heavy (non-hydrogen) atoms. The van der Waals surface area contributed by atoms with Gasteiger partial charge in [0.05, 0.1) is 78.0 Å². The summed E-state index contributed by atoms with van der Waals surface area (Å²) in [7, 11) is 0. The number of para-hydroxylation sites is 1. The Balaban J connectivity index is 0.974. The van der Waals surface area contributed by atoms with Crippen molar-refractivity contribution in [3.63, 3.8) is 0 Å². The number of nitrogens with zero attached hydrogens (tertiary/aromatic N) is 4. The molecule has 1 amide bonds. The molecule has 6 aliphatic rings. The SMILES string of the molecule is O=C(O)c1cc(F)c(-c2cccc3c2OCN(C(=O)c2c(Cl)cc(N4C5CCC4CN(C4COC4)C5)cc2Cl)C3)cc1N1C2CCC1COC2. The number of likely N-dealkylation sites (tertiary alicyclic amines) is 1. The molecule has 13 heteroatoms. The zero-order chi connectivity index (χ0) is 34.3. The quantitative estimate of drug-likeness (QED) is 0.333. The molecule has 1 N–H and O–H groups in total. The molecule has 3 aromatic rings. The number of rotatable bonds is 6. The number of fused-ring (bicyclic) bond motifs is 5. The Hall–Kier alpha value is -3.61. The highest BCUT2D eigenvalue weighted by atomic mass is 35.5. The Bertz CT molecular complexity index is 1840. The van der Waals surface area contributed by atoms with Crippen molar-refractivity contribution in [2.24, 2.45) is 0 Å². The van der Waals surface area contributed by atoms with E-state index in [4.69, 9.17) is 37.4 Å². The highest BCUT2D eigenvalue weighted by Gasteiger charge is 2.44. The third-order valence-electron chi connectivity index (χ3n) is 11.4. The lowest BCUT2D eigenvalue weighted by Crippen LogP contribution is -2.60. The van der Waals surface area contributed by atoms with Crippen molar-refractivity contribution < 1.29 is 33.3 Å². The predicted octanol–water partition coefficient (Wildman–Crippen LogP) is 5.91. The van der Waals surface area contributed by atoms with E-state index in [1.165, 1.54) is 4.90 Å².